The van der Waals surface area contributed by atoms with Crippen LogP contribution in [-0.2, 0) is 19.3 Å². The quantitative estimate of drug-likeness (QED) is 0.741. The van der Waals surface area contributed by atoms with Crippen molar-refractivity contribution < 1.29 is 32.2 Å². The van der Waals surface area contributed by atoms with Crippen LogP contribution in [0, 0.1) is 0 Å². The van der Waals surface area contributed by atoms with E-state index in [1.807, 2.05) is 0 Å². The largest absolute Gasteiger partial charge is 0.514 e. The molecule has 100 valence electrons. The fourth-order valence-electron chi connectivity index (χ4n) is 0.978. The van der Waals surface area contributed by atoms with E-state index < -0.39 is 33.4 Å². The first-order chi connectivity index (χ1) is 8.31. The van der Waals surface area contributed by atoms with Gasteiger partial charge in [0.05, 0.1) is 14.2 Å². The van der Waals surface area contributed by atoms with Gasteiger partial charge < -0.3 is 14.2 Å². The van der Waals surface area contributed by atoms with Gasteiger partial charge in [-0.3, -0.25) is 0 Å². The zero-order valence-electron chi connectivity index (χ0n) is 9.62. The van der Waals surface area contributed by atoms with E-state index in [0.717, 1.165) is 20.5 Å². The molecule has 18 heavy (non-hydrogen) atoms. The number of esters is 1. The molecule has 0 N–H and O–H groups in total. The maximum Gasteiger partial charge on any atom is 0.514 e. The Labute approximate surface area is 107 Å². The number of carbonyl (C=O) groups is 2. The standard InChI is InChI=1S/C8H9NO7S2/c1-14-6(10)4-5(16-8(11)15-2)9-17-7(4)18(3,12)13/h1-3H3. The molecule has 10 heteroatoms. The fraction of sp³-hybridized carbons (Fsp3) is 0.375. The van der Waals surface area contributed by atoms with Gasteiger partial charge in [0.25, 0.3) is 5.88 Å². The third kappa shape index (κ3) is 2.96. The average molecular weight is 295 g/mol. The molecular formula is C8H9NO7S2. The summed E-state index contributed by atoms with van der Waals surface area (Å²) < 4.78 is 39.3. The van der Waals surface area contributed by atoms with Gasteiger partial charge in [-0.15, -0.1) is 0 Å². The summed E-state index contributed by atoms with van der Waals surface area (Å²) in [5.74, 6) is -1.43. The molecule has 1 aromatic rings. The van der Waals surface area contributed by atoms with E-state index in [-0.39, 0.29) is 4.21 Å². The first-order valence-electron chi connectivity index (χ1n) is 4.35. The lowest BCUT2D eigenvalue weighted by molar-refractivity contribution is 0.0591. The van der Waals surface area contributed by atoms with Gasteiger partial charge in [0.2, 0.25) is 0 Å². The highest BCUT2D eigenvalue weighted by molar-refractivity contribution is 7.92. The first-order valence-corrected chi connectivity index (χ1v) is 7.01. The van der Waals surface area contributed by atoms with Gasteiger partial charge in [-0.05, 0) is 11.5 Å². The van der Waals surface area contributed by atoms with E-state index in [0.29, 0.717) is 11.5 Å². The van der Waals surface area contributed by atoms with Crippen LogP contribution in [0.5, 0.6) is 5.88 Å². The number of hydrogen-bond donors (Lipinski definition) is 0. The van der Waals surface area contributed by atoms with Crippen LogP contribution >= 0.6 is 11.5 Å². The van der Waals surface area contributed by atoms with Crippen LogP contribution in [0.3, 0.4) is 0 Å². The lowest BCUT2D eigenvalue weighted by Gasteiger charge is -2.02. The molecule has 1 aromatic heterocycles. The summed E-state index contributed by atoms with van der Waals surface area (Å²) in [5, 5.41) is 0. The van der Waals surface area contributed by atoms with Crippen molar-refractivity contribution in [3.8, 4) is 5.88 Å². The van der Waals surface area contributed by atoms with Crippen molar-refractivity contribution in [2.75, 3.05) is 20.5 Å². The normalized spacial score (nSPS) is 10.8. The van der Waals surface area contributed by atoms with Gasteiger partial charge in [0.1, 0.15) is 0 Å². The van der Waals surface area contributed by atoms with E-state index in [1.54, 1.807) is 0 Å². The van der Waals surface area contributed by atoms with Crippen LogP contribution in [0.25, 0.3) is 0 Å². The molecule has 0 aliphatic rings. The Hall–Kier alpha value is -1.68. The molecule has 0 amide bonds. The Morgan fingerprint density at radius 2 is 1.83 bits per heavy atom. The van der Waals surface area contributed by atoms with Crippen LogP contribution in [0.15, 0.2) is 4.21 Å². The van der Waals surface area contributed by atoms with Crippen molar-refractivity contribution in [2.45, 2.75) is 4.21 Å². The highest BCUT2D eigenvalue weighted by Crippen LogP contribution is 2.30. The molecule has 0 radical (unpaired) electrons. The molecule has 1 heterocycles. The molecule has 0 saturated carbocycles. The molecule has 0 unspecified atom stereocenters. The molecule has 1 rings (SSSR count). The number of aromatic nitrogens is 1. The summed E-state index contributed by atoms with van der Waals surface area (Å²) >= 11 is 0.508. The van der Waals surface area contributed by atoms with Crippen molar-refractivity contribution in [1.82, 2.24) is 4.37 Å². The van der Waals surface area contributed by atoms with Gasteiger partial charge in [-0.25, -0.2) is 18.0 Å². The molecule has 0 fully saturated rings. The second-order valence-electron chi connectivity index (χ2n) is 2.97. The molecular weight excluding hydrogens is 286 g/mol. The third-order valence-electron chi connectivity index (χ3n) is 1.70. The number of rotatable bonds is 3. The predicted molar refractivity (Wildman–Crippen MR) is 59.6 cm³/mol. The highest BCUT2D eigenvalue weighted by Gasteiger charge is 2.30. The third-order valence-corrected chi connectivity index (χ3v) is 4.34. The van der Waals surface area contributed by atoms with Gasteiger partial charge in [-0.2, -0.15) is 4.37 Å². The van der Waals surface area contributed by atoms with Crippen LogP contribution in [0.4, 0.5) is 4.79 Å². The van der Waals surface area contributed by atoms with Gasteiger partial charge in [-0.1, -0.05) is 0 Å². The fourth-order valence-corrected chi connectivity index (χ4v) is 2.73. The minimum Gasteiger partial charge on any atom is -0.465 e. The topological polar surface area (TPSA) is 109 Å². The summed E-state index contributed by atoms with van der Waals surface area (Å²) in [5.41, 5.74) is -0.421. The van der Waals surface area contributed by atoms with Crippen molar-refractivity contribution in [3.63, 3.8) is 0 Å². The zero-order valence-corrected chi connectivity index (χ0v) is 11.3. The van der Waals surface area contributed by atoms with Crippen molar-refractivity contribution in [3.05, 3.63) is 5.56 Å². The van der Waals surface area contributed by atoms with Gasteiger partial charge in [0.15, 0.2) is 19.6 Å². The second kappa shape index (κ2) is 5.31. The molecule has 8 nitrogen and oxygen atoms in total. The summed E-state index contributed by atoms with van der Waals surface area (Å²) in [6.45, 7) is 0. The Kier molecular flexibility index (Phi) is 4.24. The molecule has 0 bridgehead atoms. The van der Waals surface area contributed by atoms with E-state index in [2.05, 4.69) is 18.6 Å². The smallest absolute Gasteiger partial charge is 0.465 e. The van der Waals surface area contributed by atoms with Crippen LogP contribution < -0.4 is 4.74 Å². The van der Waals surface area contributed by atoms with E-state index in [1.165, 1.54) is 0 Å². The minimum absolute atomic E-state index is 0.340. The van der Waals surface area contributed by atoms with Crippen LogP contribution in [-0.4, -0.2) is 45.4 Å². The Bertz CT molecular complexity index is 574. The minimum atomic E-state index is -3.69. The number of nitrogens with zero attached hydrogens (tertiary/aromatic N) is 1. The number of carbonyl (C=O) groups excluding carboxylic acids is 2. The summed E-state index contributed by atoms with van der Waals surface area (Å²) in [6.07, 6.45) is -0.222. The Balaban J connectivity index is 3.33. The Morgan fingerprint density at radius 1 is 1.22 bits per heavy atom. The average Bonchev–Trinajstić information content (AvgIpc) is 2.71. The summed E-state index contributed by atoms with van der Waals surface area (Å²) in [7, 11) is -1.56. The lowest BCUT2D eigenvalue weighted by Crippen LogP contribution is -2.13. The van der Waals surface area contributed by atoms with E-state index in [9.17, 15) is 18.0 Å². The lowest BCUT2D eigenvalue weighted by atomic mass is 10.3. The van der Waals surface area contributed by atoms with Crippen LogP contribution in [0.2, 0.25) is 0 Å². The molecule has 0 spiro atoms. The highest BCUT2D eigenvalue weighted by atomic mass is 32.2. The molecule has 0 aliphatic heterocycles. The van der Waals surface area contributed by atoms with Crippen molar-refractivity contribution in [1.29, 1.82) is 0 Å². The zero-order chi connectivity index (χ0) is 13.9. The molecule has 0 atom stereocenters. The number of ether oxygens (including phenoxy) is 3. The monoisotopic (exact) mass is 295 g/mol. The van der Waals surface area contributed by atoms with Crippen molar-refractivity contribution >= 4 is 33.5 Å². The van der Waals surface area contributed by atoms with Crippen LogP contribution in [0.1, 0.15) is 10.4 Å². The number of hydrogen-bond acceptors (Lipinski definition) is 9. The Morgan fingerprint density at radius 3 is 2.28 bits per heavy atom. The first kappa shape index (κ1) is 14.4. The predicted octanol–water partition coefficient (Wildman–Crippen LogP) is 0.478. The second-order valence-corrected chi connectivity index (χ2v) is 5.95. The van der Waals surface area contributed by atoms with E-state index in [4.69, 9.17) is 0 Å². The SMILES string of the molecule is COC(=O)Oc1nsc(S(C)(=O)=O)c1C(=O)OC. The van der Waals surface area contributed by atoms with E-state index >= 15 is 0 Å². The van der Waals surface area contributed by atoms with Gasteiger partial charge >= 0.3 is 12.1 Å². The summed E-state index contributed by atoms with van der Waals surface area (Å²) in [6, 6.07) is 0. The maximum absolute atomic E-state index is 11.5. The molecule has 0 aliphatic carbocycles. The number of methoxy groups -OCH3 is 2. The maximum atomic E-state index is 11.5. The molecule has 0 saturated heterocycles. The molecule has 0 aromatic carbocycles. The van der Waals surface area contributed by atoms with Gasteiger partial charge in [0, 0.05) is 6.26 Å². The number of sulfone groups is 1. The van der Waals surface area contributed by atoms with Crippen molar-refractivity contribution in [2.24, 2.45) is 0 Å². The summed E-state index contributed by atoms with van der Waals surface area (Å²) in [4.78, 5) is 22.4.